The third-order valence-corrected chi connectivity index (χ3v) is 8.60. The molecule has 1 aliphatic rings. The molecule has 4 rings (SSSR count). The van der Waals surface area contributed by atoms with Crippen LogP contribution in [0.4, 0.5) is 14.4 Å². The van der Waals surface area contributed by atoms with Crippen molar-refractivity contribution in [1.82, 2.24) is 10.2 Å². The van der Waals surface area contributed by atoms with Crippen LogP contribution >= 0.6 is 11.8 Å². The molecule has 0 fully saturated rings. The minimum Gasteiger partial charge on any atom is -0.467 e. The number of hydrogen-bond acceptors (Lipinski definition) is 10. The first-order valence-corrected chi connectivity index (χ1v) is 17.2. The van der Waals surface area contributed by atoms with Crippen LogP contribution in [0.25, 0.3) is 11.1 Å². The maximum Gasteiger partial charge on any atom is 0.420 e. The van der Waals surface area contributed by atoms with Gasteiger partial charge in [-0.05, 0) is 69.4 Å². The molecule has 3 aromatic rings. The average molecular weight is 705 g/mol. The van der Waals surface area contributed by atoms with Crippen molar-refractivity contribution in [2.24, 2.45) is 0 Å². The van der Waals surface area contributed by atoms with Crippen LogP contribution in [0.2, 0.25) is 0 Å². The van der Waals surface area contributed by atoms with Gasteiger partial charge in [-0.25, -0.2) is 19.2 Å². The normalized spacial score (nSPS) is 13.6. The van der Waals surface area contributed by atoms with E-state index in [4.69, 9.17) is 18.9 Å². The number of methoxy groups -OCH3 is 1. The number of ether oxygens (including phenoxy) is 4. The van der Waals surface area contributed by atoms with E-state index in [2.05, 4.69) is 5.32 Å². The molecule has 11 nitrogen and oxygen atoms in total. The van der Waals surface area contributed by atoms with Crippen LogP contribution in [0.5, 0.6) is 0 Å². The lowest BCUT2D eigenvalue weighted by atomic mass is 9.98. The van der Waals surface area contributed by atoms with Crippen LogP contribution < -0.4 is 5.32 Å². The van der Waals surface area contributed by atoms with Gasteiger partial charge in [-0.2, -0.15) is 4.90 Å². The SMILES string of the molecule is COC(=O)C(CSC(=O)[C@H](Cc1ccccc1)NC(=O)OCC1c2ccccc2-c2ccccc21)N(C(=O)OC(C)(C)C)C(=O)OC(C)(C)C. The number of alkyl carbamates (subject to hydrolysis) is 1. The smallest absolute Gasteiger partial charge is 0.420 e. The Labute approximate surface area is 297 Å². The van der Waals surface area contributed by atoms with Gasteiger partial charge < -0.3 is 24.3 Å². The first-order chi connectivity index (χ1) is 23.6. The summed E-state index contributed by atoms with van der Waals surface area (Å²) in [5.41, 5.74) is 2.97. The highest BCUT2D eigenvalue weighted by molar-refractivity contribution is 8.13. The van der Waals surface area contributed by atoms with E-state index in [1.54, 1.807) is 41.5 Å². The molecule has 2 atom stereocenters. The van der Waals surface area contributed by atoms with E-state index < -0.39 is 58.4 Å². The number of fused-ring (bicyclic) bond motifs is 3. The maximum absolute atomic E-state index is 13.8. The fourth-order valence-electron chi connectivity index (χ4n) is 5.42. The van der Waals surface area contributed by atoms with Gasteiger partial charge in [0.05, 0.1) is 7.11 Å². The Kier molecular flexibility index (Phi) is 12.3. The number of thioether (sulfide) groups is 1. The summed E-state index contributed by atoms with van der Waals surface area (Å²) >= 11 is 0.654. The van der Waals surface area contributed by atoms with Crippen molar-refractivity contribution in [3.05, 3.63) is 95.6 Å². The van der Waals surface area contributed by atoms with Gasteiger partial charge in [0.1, 0.15) is 23.9 Å². The number of hydrogen-bond donors (Lipinski definition) is 1. The molecule has 0 bridgehead atoms. The second-order valence-electron chi connectivity index (χ2n) is 13.7. The summed E-state index contributed by atoms with van der Waals surface area (Å²) in [5.74, 6) is -1.55. The molecule has 266 valence electrons. The van der Waals surface area contributed by atoms with Gasteiger partial charge in [0.25, 0.3) is 0 Å². The molecule has 0 spiro atoms. The van der Waals surface area contributed by atoms with E-state index in [1.165, 1.54) is 0 Å². The van der Waals surface area contributed by atoms with E-state index in [1.807, 2.05) is 78.9 Å². The Bertz CT molecular complexity index is 1620. The molecule has 0 aromatic heterocycles. The standard InChI is InChI=1S/C38H44N2O9S/c1-37(2,3)48-35(44)40(36(45)49-38(4,5)6)31(32(41)46-7)23-50-33(42)30(21-24-15-9-8-10-16-24)39-34(43)47-22-29-27-19-13-11-17-25(27)26-18-12-14-20-28(26)29/h8-20,29-31H,21-23H2,1-7H3,(H,39,43)/t30-,31?/m0/s1. The lowest BCUT2D eigenvalue weighted by molar-refractivity contribution is -0.145. The average Bonchev–Trinajstić information content (AvgIpc) is 3.37. The molecule has 1 aliphatic carbocycles. The van der Waals surface area contributed by atoms with E-state index >= 15 is 0 Å². The molecule has 0 saturated carbocycles. The van der Waals surface area contributed by atoms with Crippen molar-refractivity contribution in [2.45, 2.75) is 77.2 Å². The second-order valence-corrected chi connectivity index (χ2v) is 14.7. The molecule has 12 heteroatoms. The monoisotopic (exact) mass is 704 g/mol. The molecule has 0 radical (unpaired) electrons. The number of benzene rings is 3. The minimum atomic E-state index is -1.59. The van der Waals surface area contributed by atoms with Crippen molar-refractivity contribution in [1.29, 1.82) is 0 Å². The maximum atomic E-state index is 13.8. The van der Waals surface area contributed by atoms with Crippen LogP contribution in [-0.2, 0) is 35.0 Å². The number of imide groups is 1. The number of carbonyl (C=O) groups excluding carboxylic acids is 5. The minimum absolute atomic E-state index is 0.0460. The second kappa shape index (κ2) is 16.2. The number of nitrogens with one attached hydrogen (secondary N) is 1. The first kappa shape index (κ1) is 38.0. The van der Waals surface area contributed by atoms with Gasteiger partial charge >= 0.3 is 24.2 Å². The Hall–Kier alpha value is -4.84. The molecule has 0 heterocycles. The lowest BCUT2D eigenvalue weighted by Gasteiger charge is -2.32. The summed E-state index contributed by atoms with van der Waals surface area (Å²) in [7, 11) is 1.10. The molecule has 50 heavy (non-hydrogen) atoms. The zero-order chi connectivity index (χ0) is 36.6. The number of rotatable bonds is 10. The fourth-order valence-corrected chi connectivity index (χ4v) is 6.37. The molecule has 1 N–H and O–H groups in total. The Morgan fingerprint density at radius 2 is 1.26 bits per heavy atom. The zero-order valence-electron chi connectivity index (χ0n) is 29.4. The third-order valence-electron chi connectivity index (χ3n) is 7.55. The van der Waals surface area contributed by atoms with E-state index in [0.29, 0.717) is 16.7 Å². The van der Waals surface area contributed by atoms with Crippen molar-refractivity contribution in [2.75, 3.05) is 19.5 Å². The molecule has 0 aliphatic heterocycles. The largest absolute Gasteiger partial charge is 0.467 e. The highest BCUT2D eigenvalue weighted by Gasteiger charge is 2.42. The summed E-state index contributed by atoms with van der Waals surface area (Å²) < 4.78 is 21.5. The quantitative estimate of drug-likeness (QED) is 0.172. The fraction of sp³-hybridized carbons (Fsp3) is 0.395. The van der Waals surface area contributed by atoms with E-state index in [9.17, 15) is 24.0 Å². The number of carbonyl (C=O) groups is 5. The van der Waals surface area contributed by atoms with Crippen LogP contribution in [0, 0.1) is 0 Å². The molecule has 3 amide bonds. The van der Waals surface area contributed by atoms with Crippen molar-refractivity contribution in [3.63, 3.8) is 0 Å². The summed E-state index contributed by atoms with van der Waals surface area (Å²) in [6.07, 6.45) is -2.97. The van der Waals surface area contributed by atoms with Crippen LogP contribution in [-0.4, -0.2) is 77.0 Å². The summed E-state index contributed by atoms with van der Waals surface area (Å²) in [5, 5.41) is 2.16. The van der Waals surface area contributed by atoms with Crippen molar-refractivity contribution < 1.29 is 42.9 Å². The topological polar surface area (TPSA) is 138 Å². The highest BCUT2D eigenvalue weighted by Crippen LogP contribution is 2.44. The van der Waals surface area contributed by atoms with Crippen LogP contribution in [0.1, 0.15) is 64.2 Å². The predicted molar refractivity (Wildman–Crippen MR) is 190 cm³/mol. The lowest BCUT2D eigenvalue weighted by Crippen LogP contribution is -2.53. The van der Waals surface area contributed by atoms with Crippen molar-refractivity contribution >= 4 is 41.1 Å². The zero-order valence-corrected chi connectivity index (χ0v) is 30.2. The molecule has 3 aromatic carbocycles. The molecule has 0 saturated heterocycles. The third kappa shape index (κ3) is 10.1. The number of esters is 1. The van der Waals surface area contributed by atoms with E-state index in [0.717, 1.165) is 34.9 Å². The first-order valence-electron chi connectivity index (χ1n) is 16.2. The van der Waals surface area contributed by atoms with E-state index in [-0.39, 0.29) is 18.9 Å². The Balaban J connectivity index is 1.52. The summed E-state index contributed by atoms with van der Waals surface area (Å²) in [4.78, 5) is 67.2. The van der Waals surface area contributed by atoms with Crippen molar-refractivity contribution in [3.8, 4) is 11.1 Å². The molecular formula is C38H44N2O9S. The Morgan fingerprint density at radius 3 is 1.76 bits per heavy atom. The highest BCUT2D eigenvalue weighted by atomic mass is 32.2. The molecular weight excluding hydrogens is 660 g/mol. The summed E-state index contributed by atoms with van der Waals surface area (Å²) in [6, 6.07) is 22.3. The number of nitrogens with zero attached hydrogens (tertiary/aromatic N) is 1. The van der Waals surface area contributed by atoms with Gasteiger partial charge in [-0.15, -0.1) is 0 Å². The van der Waals surface area contributed by atoms with Gasteiger partial charge in [0.2, 0.25) is 5.12 Å². The van der Waals surface area contributed by atoms with Gasteiger partial charge in [0, 0.05) is 18.1 Å². The Morgan fingerprint density at radius 1 is 0.760 bits per heavy atom. The summed E-state index contributed by atoms with van der Waals surface area (Å²) in [6.45, 7) is 9.67. The van der Waals surface area contributed by atoms with Gasteiger partial charge in [0.15, 0.2) is 6.04 Å². The van der Waals surface area contributed by atoms with Gasteiger partial charge in [-0.1, -0.05) is 90.6 Å². The van der Waals surface area contributed by atoms with Crippen LogP contribution in [0.3, 0.4) is 0 Å². The predicted octanol–water partition coefficient (Wildman–Crippen LogP) is 7.11. The number of amides is 3. The van der Waals surface area contributed by atoms with Gasteiger partial charge in [-0.3, -0.25) is 4.79 Å². The molecule has 1 unspecified atom stereocenters. The van der Waals surface area contributed by atoms with Crippen LogP contribution in [0.15, 0.2) is 78.9 Å².